The van der Waals surface area contributed by atoms with Gasteiger partial charge in [-0.3, -0.25) is 4.79 Å². The zero-order valence-corrected chi connectivity index (χ0v) is 17.1. The topological polar surface area (TPSA) is 52.5 Å². The molecule has 0 radical (unpaired) electrons. The molecule has 3 rings (SSSR count). The first-order valence-electron chi connectivity index (χ1n) is 8.83. The number of hydrogen-bond acceptors (Lipinski definition) is 3. The summed E-state index contributed by atoms with van der Waals surface area (Å²) in [7, 11) is 3.17. The molecule has 0 unspecified atom stereocenters. The molecule has 0 aliphatic heterocycles. The van der Waals surface area contributed by atoms with Gasteiger partial charge in [-0.25, -0.2) is 0 Å². The summed E-state index contributed by atoms with van der Waals surface area (Å²) < 4.78 is 13.6. The van der Waals surface area contributed by atoms with E-state index in [-0.39, 0.29) is 12.3 Å². The predicted octanol–water partition coefficient (Wildman–Crippen LogP) is 4.17. The lowest BCUT2D eigenvalue weighted by Crippen LogP contribution is -2.27. The highest BCUT2D eigenvalue weighted by Crippen LogP contribution is 2.33. The lowest BCUT2D eigenvalue weighted by Gasteiger charge is -2.12. The van der Waals surface area contributed by atoms with Crippen LogP contribution in [0, 0.1) is 0 Å². The summed E-state index contributed by atoms with van der Waals surface area (Å²) in [5.74, 6) is 1.23. The third-order valence-corrected chi connectivity index (χ3v) is 5.22. The summed E-state index contributed by atoms with van der Waals surface area (Å²) in [6.07, 6.45) is 3.25. The highest BCUT2D eigenvalue weighted by molar-refractivity contribution is 9.10. The minimum absolute atomic E-state index is 0.0136. The highest BCUT2D eigenvalue weighted by Gasteiger charge is 2.12. The summed E-state index contributed by atoms with van der Waals surface area (Å²) in [5, 5.41) is 4.23. The third kappa shape index (κ3) is 4.63. The molecule has 0 aliphatic carbocycles. The fraction of sp³-hybridized carbons (Fsp3) is 0.286. The van der Waals surface area contributed by atoms with Crippen molar-refractivity contribution < 1.29 is 14.3 Å². The molecule has 142 valence electrons. The number of carbonyl (C=O) groups is 1. The number of fused-ring (bicyclic) bond motifs is 1. The maximum absolute atomic E-state index is 12.3. The molecule has 0 saturated heterocycles. The summed E-state index contributed by atoms with van der Waals surface area (Å²) >= 11 is 3.49. The van der Waals surface area contributed by atoms with E-state index in [0.717, 1.165) is 23.0 Å². The fourth-order valence-electron chi connectivity index (χ4n) is 3.08. The Bertz CT molecular complexity index is 936. The molecule has 0 atom stereocenters. The molecule has 0 saturated carbocycles. The van der Waals surface area contributed by atoms with Gasteiger partial charge in [-0.1, -0.05) is 34.1 Å². The van der Waals surface area contributed by atoms with Crippen LogP contribution < -0.4 is 14.8 Å². The summed E-state index contributed by atoms with van der Waals surface area (Å²) in [5.41, 5.74) is 2.08. The van der Waals surface area contributed by atoms with Crippen molar-refractivity contribution in [1.29, 1.82) is 0 Å². The van der Waals surface area contributed by atoms with Crippen LogP contribution in [-0.4, -0.2) is 31.2 Å². The van der Waals surface area contributed by atoms with Gasteiger partial charge < -0.3 is 19.4 Å². The van der Waals surface area contributed by atoms with E-state index in [4.69, 9.17) is 9.47 Å². The van der Waals surface area contributed by atoms with Gasteiger partial charge in [0.1, 0.15) is 0 Å². The van der Waals surface area contributed by atoms with Crippen molar-refractivity contribution in [2.24, 2.45) is 0 Å². The number of aromatic nitrogens is 1. The van der Waals surface area contributed by atoms with Crippen LogP contribution in [0.3, 0.4) is 0 Å². The molecule has 1 aromatic heterocycles. The van der Waals surface area contributed by atoms with Crippen molar-refractivity contribution in [1.82, 2.24) is 9.88 Å². The van der Waals surface area contributed by atoms with E-state index in [2.05, 4.69) is 50.2 Å². The van der Waals surface area contributed by atoms with Crippen LogP contribution in [0.15, 0.2) is 53.1 Å². The van der Waals surface area contributed by atoms with Gasteiger partial charge in [0.25, 0.3) is 0 Å². The van der Waals surface area contributed by atoms with E-state index in [1.54, 1.807) is 14.2 Å². The van der Waals surface area contributed by atoms with E-state index < -0.39 is 0 Å². The van der Waals surface area contributed by atoms with Gasteiger partial charge in [0.2, 0.25) is 5.91 Å². The Morgan fingerprint density at radius 3 is 2.63 bits per heavy atom. The highest BCUT2D eigenvalue weighted by atomic mass is 79.9. The van der Waals surface area contributed by atoms with Crippen molar-refractivity contribution in [3.05, 3.63) is 58.7 Å². The number of rotatable bonds is 8. The van der Waals surface area contributed by atoms with Crippen LogP contribution in [0.2, 0.25) is 0 Å². The minimum Gasteiger partial charge on any atom is -0.493 e. The summed E-state index contributed by atoms with van der Waals surface area (Å²) in [6.45, 7) is 1.50. The molecule has 1 heterocycles. The van der Waals surface area contributed by atoms with Gasteiger partial charge in [-0.15, -0.1) is 0 Å². The number of benzene rings is 2. The normalized spacial score (nSPS) is 10.8. The van der Waals surface area contributed by atoms with Crippen molar-refractivity contribution >= 4 is 32.7 Å². The maximum atomic E-state index is 12.3. The first kappa shape index (κ1) is 19.3. The average molecular weight is 431 g/mol. The molecule has 0 fully saturated rings. The van der Waals surface area contributed by atoms with Crippen LogP contribution >= 0.6 is 15.9 Å². The zero-order valence-electron chi connectivity index (χ0n) is 15.5. The Morgan fingerprint density at radius 1 is 1.11 bits per heavy atom. The van der Waals surface area contributed by atoms with Gasteiger partial charge in [0.15, 0.2) is 11.5 Å². The van der Waals surface area contributed by atoms with E-state index in [1.807, 2.05) is 24.3 Å². The standard InChI is InChI=1S/C21H23BrN2O3/c1-26-19-12-16(17(22)14-20(19)27-2)13-21(25)23-9-5-10-24-11-8-15-6-3-4-7-18(15)24/h3-4,6-8,11-12,14H,5,9-10,13H2,1-2H3,(H,23,25). The third-order valence-electron chi connectivity index (χ3n) is 4.48. The second-order valence-corrected chi connectivity index (χ2v) is 7.10. The Labute approximate surface area is 167 Å². The number of nitrogens with one attached hydrogen (secondary N) is 1. The first-order chi connectivity index (χ1) is 13.1. The van der Waals surface area contributed by atoms with Crippen molar-refractivity contribution in [2.45, 2.75) is 19.4 Å². The largest absolute Gasteiger partial charge is 0.493 e. The van der Waals surface area contributed by atoms with E-state index in [0.29, 0.717) is 18.0 Å². The Hall–Kier alpha value is -2.47. The Morgan fingerprint density at radius 2 is 1.85 bits per heavy atom. The first-order valence-corrected chi connectivity index (χ1v) is 9.62. The van der Waals surface area contributed by atoms with Crippen molar-refractivity contribution in [3.8, 4) is 11.5 Å². The van der Waals surface area contributed by atoms with Gasteiger partial charge in [0, 0.05) is 29.3 Å². The Balaban J connectivity index is 1.51. The van der Waals surface area contributed by atoms with E-state index >= 15 is 0 Å². The lowest BCUT2D eigenvalue weighted by molar-refractivity contribution is -0.120. The molecule has 1 N–H and O–H groups in total. The lowest BCUT2D eigenvalue weighted by atomic mass is 10.1. The molecular formula is C21H23BrN2O3. The fourth-order valence-corrected chi connectivity index (χ4v) is 3.54. The smallest absolute Gasteiger partial charge is 0.224 e. The van der Waals surface area contributed by atoms with Gasteiger partial charge in [0.05, 0.1) is 20.6 Å². The van der Waals surface area contributed by atoms with Crippen LogP contribution in [0.25, 0.3) is 10.9 Å². The number of para-hydroxylation sites is 1. The van der Waals surface area contributed by atoms with Crippen LogP contribution in [0.1, 0.15) is 12.0 Å². The van der Waals surface area contributed by atoms with E-state index in [1.165, 1.54) is 10.9 Å². The van der Waals surface area contributed by atoms with Crippen molar-refractivity contribution in [3.63, 3.8) is 0 Å². The number of amides is 1. The number of nitrogens with zero attached hydrogens (tertiary/aromatic N) is 1. The number of carbonyl (C=O) groups excluding carboxylic acids is 1. The maximum Gasteiger partial charge on any atom is 0.224 e. The minimum atomic E-state index is -0.0136. The van der Waals surface area contributed by atoms with Crippen molar-refractivity contribution in [2.75, 3.05) is 20.8 Å². The number of aryl methyl sites for hydroxylation is 1. The molecule has 0 bridgehead atoms. The summed E-state index contributed by atoms with van der Waals surface area (Å²) in [4.78, 5) is 12.3. The second-order valence-electron chi connectivity index (χ2n) is 6.25. The number of halogens is 1. The van der Waals surface area contributed by atoms with Crippen LogP contribution in [0.4, 0.5) is 0 Å². The zero-order chi connectivity index (χ0) is 19.2. The van der Waals surface area contributed by atoms with Crippen LogP contribution in [0.5, 0.6) is 11.5 Å². The van der Waals surface area contributed by atoms with Gasteiger partial charge >= 0.3 is 0 Å². The molecule has 1 amide bonds. The molecular weight excluding hydrogens is 408 g/mol. The molecule has 5 nitrogen and oxygen atoms in total. The SMILES string of the molecule is COc1cc(Br)c(CC(=O)NCCCn2ccc3ccccc32)cc1OC. The average Bonchev–Trinajstić information content (AvgIpc) is 3.09. The quantitative estimate of drug-likeness (QED) is 0.545. The Kier molecular flexibility index (Phi) is 6.40. The molecule has 6 heteroatoms. The number of methoxy groups -OCH3 is 2. The molecule has 0 aliphatic rings. The summed E-state index contributed by atoms with van der Waals surface area (Å²) in [6, 6.07) is 14.1. The predicted molar refractivity (Wildman–Crippen MR) is 111 cm³/mol. The van der Waals surface area contributed by atoms with Gasteiger partial charge in [-0.05, 0) is 41.6 Å². The molecule has 0 spiro atoms. The number of ether oxygens (including phenoxy) is 2. The van der Waals surface area contributed by atoms with E-state index in [9.17, 15) is 4.79 Å². The molecule has 2 aromatic carbocycles. The molecule has 3 aromatic rings. The monoisotopic (exact) mass is 430 g/mol. The van der Waals surface area contributed by atoms with Crippen LogP contribution in [-0.2, 0) is 17.8 Å². The second kappa shape index (κ2) is 8.95. The van der Waals surface area contributed by atoms with Gasteiger partial charge in [-0.2, -0.15) is 0 Å². The number of hydrogen-bond donors (Lipinski definition) is 1. The molecule has 27 heavy (non-hydrogen) atoms.